The largest absolute Gasteiger partial charge is 0.337 e. The first kappa shape index (κ1) is 18.4. The molecule has 0 N–H and O–H groups in total. The van der Waals surface area contributed by atoms with Crippen molar-refractivity contribution in [1.82, 2.24) is 14.8 Å². The Labute approximate surface area is 161 Å². The van der Waals surface area contributed by atoms with Gasteiger partial charge in [0.25, 0.3) is 0 Å². The van der Waals surface area contributed by atoms with E-state index in [0.29, 0.717) is 28.7 Å². The Morgan fingerprint density at radius 1 is 1.24 bits per heavy atom. The fraction of sp³-hybridized carbons (Fsp3) is 0.333. The molecule has 1 amide bonds. The van der Waals surface area contributed by atoms with Gasteiger partial charge in [0.05, 0.1) is 10.7 Å². The number of halogens is 2. The topological polar surface area (TPSA) is 36.4 Å². The number of rotatable bonds is 4. The molecular weight excluding hydrogens is 377 g/mol. The van der Waals surface area contributed by atoms with Crippen LogP contribution in [0.25, 0.3) is 6.08 Å². The zero-order chi connectivity index (χ0) is 17.8. The van der Waals surface area contributed by atoms with E-state index in [1.54, 1.807) is 41.7 Å². The van der Waals surface area contributed by atoms with Crippen LogP contribution in [0.1, 0.15) is 16.3 Å². The highest BCUT2D eigenvalue weighted by Crippen LogP contribution is 2.25. The highest BCUT2D eigenvalue weighted by atomic mass is 35.5. The number of benzene rings is 1. The summed E-state index contributed by atoms with van der Waals surface area (Å²) < 4.78 is 0. The number of hydrogen-bond acceptors (Lipinski definition) is 4. The minimum absolute atomic E-state index is 0.0138. The lowest BCUT2D eigenvalue weighted by atomic mass is 10.2. The average molecular weight is 396 g/mol. The van der Waals surface area contributed by atoms with Crippen LogP contribution in [0.5, 0.6) is 0 Å². The van der Waals surface area contributed by atoms with Crippen LogP contribution in [0.15, 0.2) is 29.7 Å². The van der Waals surface area contributed by atoms with Gasteiger partial charge in [0.15, 0.2) is 0 Å². The highest BCUT2D eigenvalue weighted by molar-refractivity contribution is 7.09. The van der Waals surface area contributed by atoms with Crippen molar-refractivity contribution in [2.24, 2.45) is 0 Å². The molecule has 25 heavy (non-hydrogen) atoms. The van der Waals surface area contributed by atoms with Crippen LogP contribution >= 0.6 is 34.5 Å². The molecule has 1 aliphatic heterocycles. The molecule has 1 saturated heterocycles. The zero-order valence-electron chi connectivity index (χ0n) is 13.9. The number of hydrogen-bond donors (Lipinski definition) is 0. The standard InChI is InChI=1S/C18H19Cl2N3OS/c1-13-21-14(12-25-13)11-22-7-9-23(10-8-22)18(24)6-5-15-16(19)3-2-4-17(15)20/h2-6,12H,7-11H2,1H3/b6-5+. The summed E-state index contributed by atoms with van der Waals surface area (Å²) in [6.07, 6.45) is 3.24. The Morgan fingerprint density at radius 2 is 1.92 bits per heavy atom. The van der Waals surface area contributed by atoms with Crippen molar-refractivity contribution in [3.8, 4) is 0 Å². The number of nitrogens with zero attached hydrogens (tertiary/aromatic N) is 3. The van der Waals surface area contributed by atoms with E-state index >= 15 is 0 Å². The van der Waals surface area contributed by atoms with Gasteiger partial charge >= 0.3 is 0 Å². The molecule has 132 valence electrons. The van der Waals surface area contributed by atoms with Crippen LogP contribution in [0.3, 0.4) is 0 Å². The molecule has 1 fully saturated rings. The molecule has 1 aromatic heterocycles. The molecule has 0 radical (unpaired) electrons. The van der Waals surface area contributed by atoms with Gasteiger partial charge in [-0.3, -0.25) is 9.69 Å². The van der Waals surface area contributed by atoms with Gasteiger partial charge in [0.1, 0.15) is 0 Å². The second-order valence-electron chi connectivity index (χ2n) is 5.93. The lowest BCUT2D eigenvalue weighted by Gasteiger charge is -2.33. The van der Waals surface area contributed by atoms with E-state index in [4.69, 9.17) is 23.2 Å². The SMILES string of the molecule is Cc1nc(CN2CCN(C(=O)/C=C/c3c(Cl)cccc3Cl)CC2)cs1. The predicted octanol–water partition coefficient (Wildman–Crippen LogP) is 4.12. The maximum Gasteiger partial charge on any atom is 0.246 e. The van der Waals surface area contributed by atoms with E-state index in [-0.39, 0.29) is 5.91 Å². The lowest BCUT2D eigenvalue weighted by molar-refractivity contribution is -0.127. The van der Waals surface area contributed by atoms with Gasteiger partial charge in [0, 0.05) is 59.8 Å². The summed E-state index contributed by atoms with van der Waals surface area (Å²) in [6, 6.07) is 5.31. The number of aromatic nitrogens is 1. The maximum atomic E-state index is 12.4. The van der Waals surface area contributed by atoms with Crippen molar-refractivity contribution in [2.45, 2.75) is 13.5 Å². The third-order valence-electron chi connectivity index (χ3n) is 4.13. The Hall–Kier alpha value is -1.40. The van der Waals surface area contributed by atoms with Gasteiger partial charge in [0.2, 0.25) is 5.91 Å². The number of carbonyl (C=O) groups is 1. The molecule has 2 aromatic rings. The summed E-state index contributed by atoms with van der Waals surface area (Å²) in [7, 11) is 0. The van der Waals surface area contributed by atoms with Crippen LogP contribution in [-0.4, -0.2) is 46.9 Å². The lowest BCUT2D eigenvalue weighted by Crippen LogP contribution is -2.47. The molecule has 0 aliphatic carbocycles. The number of aryl methyl sites for hydroxylation is 1. The van der Waals surface area contributed by atoms with E-state index in [1.807, 2.05) is 11.8 Å². The monoisotopic (exact) mass is 395 g/mol. The van der Waals surface area contributed by atoms with Crippen molar-refractivity contribution >= 4 is 46.5 Å². The summed E-state index contributed by atoms with van der Waals surface area (Å²) in [6.45, 7) is 5.98. The normalized spacial score (nSPS) is 15.9. The number of thiazole rings is 1. The highest BCUT2D eigenvalue weighted by Gasteiger charge is 2.20. The Kier molecular flexibility index (Phi) is 6.12. The first-order valence-corrected chi connectivity index (χ1v) is 9.71. The molecule has 1 aliphatic rings. The number of piperazine rings is 1. The molecule has 3 rings (SSSR count). The van der Waals surface area contributed by atoms with Gasteiger partial charge in [-0.05, 0) is 25.1 Å². The second-order valence-corrected chi connectivity index (χ2v) is 7.80. The van der Waals surface area contributed by atoms with Crippen molar-refractivity contribution in [3.05, 3.63) is 56.0 Å². The Bertz CT molecular complexity index is 762. The summed E-state index contributed by atoms with van der Waals surface area (Å²) in [5.74, 6) is -0.0138. The van der Waals surface area contributed by atoms with E-state index in [9.17, 15) is 4.79 Å². The average Bonchev–Trinajstić information content (AvgIpc) is 3.00. The minimum Gasteiger partial charge on any atom is -0.337 e. The second kappa shape index (κ2) is 8.32. The van der Waals surface area contributed by atoms with Crippen molar-refractivity contribution in [2.75, 3.05) is 26.2 Å². The summed E-state index contributed by atoms with van der Waals surface area (Å²) in [5.41, 5.74) is 1.78. The Morgan fingerprint density at radius 3 is 2.52 bits per heavy atom. The molecule has 0 unspecified atom stereocenters. The van der Waals surface area contributed by atoms with Crippen molar-refractivity contribution in [1.29, 1.82) is 0 Å². The Balaban J connectivity index is 1.54. The van der Waals surface area contributed by atoms with E-state index in [0.717, 1.165) is 30.3 Å². The van der Waals surface area contributed by atoms with Crippen LogP contribution < -0.4 is 0 Å². The van der Waals surface area contributed by atoms with Crippen LogP contribution in [0.4, 0.5) is 0 Å². The molecule has 0 saturated carbocycles. The van der Waals surface area contributed by atoms with Crippen LogP contribution in [-0.2, 0) is 11.3 Å². The number of amides is 1. The predicted molar refractivity (Wildman–Crippen MR) is 104 cm³/mol. The maximum absolute atomic E-state index is 12.4. The molecule has 0 atom stereocenters. The molecule has 4 nitrogen and oxygen atoms in total. The summed E-state index contributed by atoms with van der Waals surface area (Å²) in [5, 5.41) is 4.27. The van der Waals surface area contributed by atoms with Gasteiger partial charge in [-0.2, -0.15) is 0 Å². The molecule has 0 spiro atoms. The quantitative estimate of drug-likeness (QED) is 0.730. The van der Waals surface area contributed by atoms with Crippen LogP contribution in [0.2, 0.25) is 10.0 Å². The molecule has 0 bridgehead atoms. The third kappa shape index (κ3) is 4.82. The minimum atomic E-state index is -0.0138. The van der Waals surface area contributed by atoms with E-state index < -0.39 is 0 Å². The smallest absolute Gasteiger partial charge is 0.246 e. The third-order valence-corrected chi connectivity index (χ3v) is 5.61. The van der Waals surface area contributed by atoms with E-state index in [2.05, 4.69) is 15.3 Å². The van der Waals surface area contributed by atoms with Gasteiger partial charge < -0.3 is 4.90 Å². The summed E-state index contributed by atoms with van der Waals surface area (Å²) >= 11 is 13.9. The summed E-state index contributed by atoms with van der Waals surface area (Å²) in [4.78, 5) is 21.1. The fourth-order valence-electron chi connectivity index (χ4n) is 2.77. The fourth-order valence-corrected chi connectivity index (χ4v) is 3.89. The molecular formula is C18H19Cl2N3OS. The molecule has 7 heteroatoms. The first-order valence-electron chi connectivity index (χ1n) is 8.07. The molecule has 2 heterocycles. The van der Waals surface area contributed by atoms with Gasteiger partial charge in [-0.15, -0.1) is 11.3 Å². The van der Waals surface area contributed by atoms with E-state index in [1.165, 1.54) is 0 Å². The van der Waals surface area contributed by atoms with Crippen LogP contribution in [0, 0.1) is 6.92 Å². The van der Waals surface area contributed by atoms with Crippen molar-refractivity contribution < 1.29 is 4.79 Å². The van der Waals surface area contributed by atoms with Crippen molar-refractivity contribution in [3.63, 3.8) is 0 Å². The molecule has 1 aromatic carbocycles. The van der Waals surface area contributed by atoms with Gasteiger partial charge in [-0.1, -0.05) is 29.3 Å². The van der Waals surface area contributed by atoms with Gasteiger partial charge in [-0.25, -0.2) is 4.98 Å². The zero-order valence-corrected chi connectivity index (χ0v) is 16.2. The number of carbonyl (C=O) groups excluding carboxylic acids is 1. The first-order chi connectivity index (χ1) is 12.0.